The highest BCUT2D eigenvalue weighted by Gasteiger charge is 2.01. The summed E-state index contributed by atoms with van der Waals surface area (Å²) in [5.74, 6) is 0.258. The van der Waals surface area contributed by atoms with Crippen molar-refractivity contribution < 1.29 is 14.6 Å². The Hall–Kier alpha value is -2.69. The molecular formula is C16H18N2O3. The third kappa shape index (κ3) is 4.72. The molecule has 0 saturated carbocycles. The molecule has 0 aliphatic rings. The molecule has 0 radical (unpaired) electrons. The molecule has 0 aromatic heterocycles. The topological polar surface area (TPSA) is 70.6 Å². The van der Waals surface area contributed by atoms with E-state index in [1.165, 1.54) is 0 Å². The minimum absolute atomic E-state index is 0.258. The molecule has 0 aliphatic carbocycles. The molecule has 110 valence electrons. The monoisotopic (exact) mass is 286 g/mol. The zero-order valence-corrected chi connectivity index (χ0v) is 11.8. The van der Waals surface area contributed by atoms with E-state index in [1.54, 1.807) is 31.2 Å². The van der Waals surface area contributed by atoms with Gasteiger partial charge in [-0.2, -0.15) is 0 Å². The van der Waals surface area contributed by atoms with Crippen LogP contribution in [0.5, 0.6) is 5.75 Å². The van der Waals surface area contributed by atoms with Crippen LogP contribution in [-0.4, -0.2) is 17.8 Å². The van der Waals surface area contributed by atoms with Crippen molar-refractivity contribution >= 4 is 17.5 Å². The first-order valence-corrected chi connectivity index (χ1v) is 6.73. The summed E-state index contributed by atoms with van der Waals surface area (Å²) in [4.78, 5) is 11.3. The molecule has 1 amide bonds. The minimum Gasteiger partial charge on any atom is -0.508 e. The molecule has 0 unspecified atom stereocenters. The summed E-state index contributed by atoms with van der Waals surface area (Å²) in [6.45, 7) is 2.76. The molecule has 0 aliphatic heterocycles. The fourth-order valence-corrected chi connectivity index (χ4v) is 1.77. The second-order valence-electron chi connectivity index (χ2n) is 4.44. The zero-order valence-electron chi connectivity index (χ0n) is 11.8. The van der Waals surface area contributed by atoms with Crippen LogP contribution in [0.25, 0.3) is 0 Å². The van der Waals surface area contributed by atoms with Crippen LogP contribution in [0.4, 0.5) is 16.2 Å². The largest absolute Gasteiger partial charge is 0.508 e. The summed E-state index contributed by atoms with van der Waals surface area (Å²) in [7, 11) is 0. The second kappa shape index (κ2) is 7.19. The van der Waals surface area contributed by atoms with Crippen LogP contribution < -0.4 is 10.6 Å². The molecule has 2 aromatic rings. The highest BCUT2D eigenvalue weighted by atomic mass is 16.5. The maximum absolute atomic E-state index is 11.3. The van der Waals surface area contributed by atoms with Gasteiger partial charge in [-0.05, 0) is 48.9 Å². The summed E-state index contributed by atoms with van der Waals surface area (Å²) >= 11 is 0. The first-order valence-electron chi connectivity index (χ1n) is 6.73. The smallest absolute Gasteiger partial charge is 0.411 e. The number of nitrogens with one attached hydrogen (secondary N) is 2. The van der Waals surface area contributed by atoms with Crippen molar-refractivity contribution in [2.45, 2.75) is 13.5 Å². The molecular weight excluding hydrogens is 268 g/mol. The molecule has 0 atom stereocenters. The Labute approximate surface area is 123 Å². The van der Waals surface area contributed by atoms with E-state index in [9.17, 15) is 9.90 Å². The molecule has 0 heterocycles. The highest BCUT2D eigenvalue weighted by molar-refractivity contribution is 5.84. The van der Waals surface area contributed by atoms with Crippen LogP contribution in [0.15, 0.2) is 48.5 Å². The number of hydrogen-bond donors (Lipinski definition) is 3. The summed E-state index contributed by atoms with van der Waals surface area (Å²) in [6.07, 6.45) is -0.456. The summed E-state index contributed by atoms with van der Waals surface area (Å²) in [6, 6.07) is 14.4. The molecule has 0 fully saturated rings. The van der Waals surface area contributed by atoms with Gasteiger partial charge < -0.3 is 15.2 Å². The number of phenols is 1. The first-order chi connectivity index (χ1) is 10.2. The summed E-state index contributed by atoms with van der Waals surface area (Å²) in [5, 5.41) is 15.1. The number of carbonyl (C=O) groups excluding carboxylic acids is 1. The fourth-order valence-electron chi connectivity index (χ4n) is 1.77. The molecule has 3 N–H and O–H groups in total. The van der Waals surface area contributed by atoms with Crippen LogP contribution in [-0.2, 0) is 11.3 Å². The van der Waals surface area contributed by atoms with Crippen molar-refractivity contribution in [3.63, 3.8) is 0 Å². The van der Waals surface area contributed by atoms with Gasteiger partial charge in [0.15, 0.2) is 0 Å². The molecule has 2 aromatic carbocycles. The third-order valence-corrected chi connectivity index (χ3v) is 2.84. The van der Waals surface area contributed by atoms with Crippen molar-refractivity contribution in [1.82, 2.24) is 0 Å². The van der Waals surface area contributed by atoms with E-state index in [0.29, 0.717) is 18.8 Å². The standard InChI is InChI=1S/C16H18N2O3/c1-2-21-16(20)18-14-7-5-13(6-8-14)17-11-12-3-9-15(19)10-4-12/h3-10,17,19H,2,11H2,1H3,(H,18,20). The Bertz CT molecular complexity index is 579. The third-order valence-electron chi connectivity index (χ3n) is 2.84. The van der Waals surface area contributed by atoms with Gasteiger partial charge in [0.2, 0.25) is 0 Å². The van der Waals surface area contributed by atoms with Gasteiger partial charge in [0.25, 0.3) is 0 Å². The van der Waals surface area contributed by atoms with E-state index in [-0.39, 0.29) is 5.75 Å². The average Bonchev–Trinajstić information content (AvgIpc) is 2.48. The Balaban J connectivity index is 1.87. The summed E-state index contributed by atoms with van der Waals surface area (Å²) in [5.41, 5.74) is 2.70. The molecule has 0 spiro atoms. The number of amides is 1. The SMILES string of the molecule is CCOC(=O)Nc1ccc(NCc2ccc(O)cc2)cc1. The van der Waals surface area contributed by atoms with Gasteiger partial charge in [0.05, 0.1) is 6.61 Å². The van der Waals surface area contributed by atoms with Crippen LogP contribution in [0, 0.1) is 0 Å². The average molecular weight is 286 g/mol. The van der Waals surface area contributed by atoms with Gasteiger partial charge in [-0.25, -0.2) is 4.79 Å². The van der Waals surface area contributed by atoms with Gasteiger partial charge in [-0.1, -0.05) is 12.1 Å². The molecule has 0 saturated heterocycles. The maximum atomic E-state index is 11.3. The van der Waals surface area contributed by atoms with Gasteiger partial charge in [0, 0.05) is 17.9 Å². The van der Waals surface area contributed by atoms with Crippen LogP contribution in [0.2, 0.25) is 0 Å². The fraction of sp³-hybridized carbons (Fsp3) is 0.188. The van der Waals surface area contributed by atoms with Gasteiger partial charge in [0.1, 0.15) is 5.75 Å². The van der Waals surface area contributed by atoms with Crippen molar-refractivity contribution in [3.05, 3.63) is 54.1 Å². The number of aromatic hydroxyl groups is 1. The first kappa shape index (κ1) is 14.7. The van der Waals surface area contributed by atoms with Gasteiger partial charge in [-0.15, -0.1) is 0 Å². The van der Waals surface area contributed by atoms with Gasteiger partial charge >= 0.3 is 6.09 Å². The molecule has 2 rings (SSSR count). The predicted molar refractivity (Wildman–Crippen MR) is 82.5 cm³/mol. The van der Waals surface area contributed by atoms with Crippen LogP contribution in [0.3, 0.4) is 0 Å². The predicted octanol–water partition coefficient (Wildman–Crippen LogP) is 3.57. The molecule has 0 bridgehead atoms. The van der Waals surface area contributed by atoms with Crippen LogP contribution in [0.1, 0.15) is 12.5 Å². The Morgan fingerprint density at radius 3 is 2.29 bits per heavy atom. The zero-order chi connectivity index (χ0) is 15.1. The van der Waals surface area contributed by atoms with Crippen molar-refractivity contribution in [1.29, 1.82) is 0 Å². The number of rotatable bonds is 5. The second-order valence-corrected chi connectivity index (χ2v) is 4.44. The lowest BCUT2D eigenvalue weighted by Crippen LogP contribution is -2.13. The number of hydrogen-bond acceptors (Lipinski definition) is 4. The van der Waals surface area contributed by atoms with E-state index < -0.39 is 6.09 Å². The Kier molecular flexibility index (Phi) is 5.04. The number of carbonyl (C=O) groups is 1. The van der Waals surface area contributed by atoms with E-state index in [4.69, 9.17) is 4.74 Å². The Morgan fingerprint density at radius 1 is 1.05 bits per heavy atom. The quantitative estimate of drug-likeness (QED) is 0.785. The lowest BCUT2D eigenvalue weighted by atomic mass is 10.2. The van der Waals surface area contributed by atoms with E-state index in [2.05, 4.69) is 10.6 Å². The molecule has 5 nitrogen and oxygen atoms in total. The van der Waals surface area contributed by atoms with Crippen molar-refractivity contribution in [3.8, 4) is 5.75 Å². The maximum Gasteiger partial charge on any atom is 0.411 e. The highest BCUT2D eigenvalue weighted by Crippen LogP contribution is 2.16. The summed E-state index contributed by atoms with van der Waals surface area (Å²) < 4.78 is 4.80. The Morgan fingerprint density at radius 2 is 1.67 bits per heavy atom. The number of anilines is 2. The van der Waals surface area contributed by atoms with Gasteiger partial charge in [-0.3, -0.25) is 5.32 Å². The van der Waals surface area contributed by atoms with Crippen LogP contribution >= 0.6 is 0 Å². The lowest BCUT2D eigenvalue weighted by Gasteiger charge is -2.09. The minimum atomic E-state index is -0.456. The van der Waals surface area contributed by atoms with Crippen molar-refractivity contribution in [2.24, 2.45) is 0 Å². The normalized spacial score (nSPS) is 9.95. The van der Waals surface area contributed by atoms with E-state index >= 15 is 0 Å². The number of ether oxygens (including phenoxy) is 1. The number of benzene rings is 2. The lowest BCUT2D eigenvalue weighted by molar-refractivity contribution is 0.168. The van der Waals surface area contributed by atoms with Crippen molar-refractivity contribution in [2.75, 3.05) is 17.2 Å². The number of phenolic OH excluding ortho intramolecular Hbond substituents is 1. The molecule has 5 heteroatoms. The molecule has 21 heavy (non-hydrogen) atoms. The van der Waals surface area contributed by atoms with E-state index in [0.717, 1.165) is 11.3 Å². The van der Waals surface area contributed by atoms with E-state index in [1.807, 2.05) is 24.3 Å².